The van der Waals surface area contributed by atoms with Gasteiger partial charge in [-0.1, -0.05) is 13.8 Å². The van der Waals surface area contributed by atoms with Crippen molar-refractivity contribution in [3.63, 3.8) is 0 Å². The Morgan fingerprint density at radius 1 is 1.50 bits per heavy atom. The molecule has 14 heavy (non-hydrogen) atoms. The highest BCUT2D eigenvalue weighted by Gasteiger charge is 2.76. The Bertz CT molecular complexity index is 326. The Balaban J connectivity index is 2.18. The number of rotatable bonds is 1. The first-order valence-corrected chi connectivity index (χ1v) is 5.32. The lowest BCUT2D eigenvalue weighted by Gasteiger charge is -2.42. The fraction of sp³-hybridized carbons (Fsp3) is 0.909. The molecular formula is C11H15O3-. The number of hydrogen-bond donors (Lipinski definition) is 0. The summed E-state index contributed by atoms with van der Waals surface area (Å²) in [5, 5.41) is 11.3. The van der Waals surface area contributed by atoms with Crippen molar-refractivity contribution in [2.45, 2.75) is 38.7 Å². The number of aliphatic carboxylic acids is 1. The largest absolute Gasteiger partial charge is 0.547 e. The Hall–Kier alpha value is -0.570. The van der Waals surface area contributed by atoms with Gasteiger partial charge in [0.15, 0.2) is 0 Å². The van der Waals surface area contributed by atoms with Crippen LogP contribution in [-0.2, 0) is 9.53 Å². The summed E-state index contributed by atoms with van der Waals surface area (Å²) in [6, 6.07) is 0. The number of hydrogen-bond acceptors (Lipinski definition) is 3. The Morgan fingerprint density at radius 2 is 2.21 bits per heavy atom. The highest BCUT2D eigenvalue weighted by Crippen LogP contribution is 2.74. The maximum absolute atomic E-state index is 11.3. The van der Waals surface area contributed by atoms with Gasteiger partial charge in [-0.15, -0.1) is 0 Å². The lowest BCUT2D eigenvalue weighted by Crippen LogP contribution is -2.56. The van der Waals surface area contributed by atoms with Gasteiger partial charge in [-0.05, 0) is 25.2 Å². The summed E-state index contributed by atoms with van der Waals surface area (Å²) in [5.41, 5.74) is -1.08. The van der Waals surface area contributed by atoms with Crippen LogP contribution in [0.2, 0.25) is 0 Å². The quantitative estimate of drug-likeness (QED) is 0.606. The van der Waals surface area contributed by atoms with E-state index in [4.69, 9.17) is 4.74 Å². The molecule has 2 aliphatic carbocycles. The van der Waals surface area contributed by atoms with Crippen molar-refractivity contribution in [1.29, 1.82) is 0 Å². The van der Waals surface area contributed by atoms with E-state index in [0.29, 0.717) is 18.9 Å². The molecule has 0 radical (unpaired) electrons. The van der Waals surface area contributed by atoms with Crippen molar-refractivity contribution in [1.82, 2.24) is 0 Å². The SMILES string of the molecule is C[C@]12CC[C@H]3C[C@@]1(C(=O)[O-])OC[C@@]32C. The van der Waals surface area contributed by atoms with E-state index < -0.39 is 11.6 Å². The van der Waals surface area contributed by atoms with E-state index >= 15 is 0 Å². The smallest absolute Gasteiger partial charge is 0.114 e. The molecular weight excluding hydrogens is 180 g/mol. The third-order valence-corrected chi connectivity index (χ3v) is 5.53. The van der Waals surface area contributed by atoms with Gasteiger partial charge in [0.1, 0.15) is 5.60 Å². The number of carbonyl (C=O) groups excluding carboxylic acids is 1. The summed E-state index contributed by atoms with van der Waals surface area (Å²) in [5.74, 6) is -0.468. The zero-order chi connectivity index (χ0) is 10.2. The molecule has 4 bridgehead atoms. The van der Waals surface area contributed by atoms with Gasteiger partial charge in [0.05, 0.1) is 12.6 Å². The molecule has 78 valence electrons. The van der Waals surface area contributed by atoms with Crippen LogP contribution >= 0.6 is 0 Å². The molecule has 1 aliphatic heterocycles. The number of carboxylic acids is 1. The fourth-order valence-electron chi connectivity index (χ4n) is 4.22. The minimum atomic E-state index is -0.995. The molecule has 2 saturated carbocycles. The van der Waals surface area contributed by atoms with Crippen LogP contribution in [0.5, 0.6) is 0 Å². The van der Waals surface area contributed by atoms with Crippen molar-refractivity contribution >= 4 is 5.97 Å². The van der Waals surface area contributed by atoms with E-state index in [9.17, 15) is 9.90 Å². The van der Waals surface area contributed by atoms with Crippen LogP contribution < -0.4 is 5.11 Å². The van der Waals surface area contributed by atoms with Gasteiger partial charge in [-0.3, -0.25) is 0 Å². The third kappa shape index (κ3) is 0.553. The first kappa shape index (κ1) is 8.72. The van der Waals surface area contributed by atoms with E-state index in [2.05, 4.69) is 13.8 Å². The van der Waals surface area contributed by atoms with Crippen LogP contribution in [0.25, 0.3) is 0 Å². The first-order chi connectivity index (χ1) is 6.46. The molecule has 0 aromatic carbocycles. The van der Waals surface area contributed by atoms with Gasteiger partial charge < -0.3 is 14.6 Å². The number of carboxylic acid groups (broad SMARTS) is 1. The van der Waals surface area contributed by atoms with Crippen LogP contribution in [0.4, 0.5) is 0 Å². The maximum Gasteiger partial charge on any atom is 0.114 e. The summed E-state index contributed by atoms with van der Waals surface area (Å²) >= 11 is 0. The second-order valence-corrected chi connectivity index (χ2v) is 5.59. The second-order valence-electron chi connectivity index (χ2n) is 5.59. The Morgan fingerprint density at radius 3 is 2.64 bits per heavy atom. The van der Waals surface area contributed by atoms with Gasteiger partial charge in [-0.2, -0.15) is 0 Å². The van der Waals surface area contributed by atoms with Gasteiger partial charge in [0, 0.05) is 10.8 Å². The topological polar surface area (TPSA) is 49.4 Å². The molecule has 1 saturated heterocycles. The van der Waals surface area contributed by atoms with Crippen LogP contribution in [0.3, 0.4) is 0 Å². The van der Waals surface area contributed by atoms with E-state index in [1.165, 1.54) is 0 Å². The highest BCUT2D eigenvalue weighted by atomic mass is 16.5. The van der Waals surface area contributed by atoms with Crippen LogP contribution in [-0.4, -0.2) is 18.2 Å². The van der Waals surface area contributed by atoms with E-state index in [1.807, 2.05) is 0 Å². The Labute approximate surface area is 83.4 Å². The Kier molecular flexibility index (Phi) is 1.25. The molecule has 0 N–H and O–H groups in total. The third-order valence-electron chi connectivity index (χ3n) is 5.53. The zero-order valence-electron chi connectivity index (χ0n) is 8.63. The molecule has 4 atom stereocenters. The van der Waals surface area contributed by atoms with Gasteiger partial charge in [0.2, 0.25) is 0 Å². The number of carbonyl (C=O) groups is 1. The zero-order valence-corrected chi connectivity index (χ0v) is 8.63. The summed E-state index contributed by atoms with van der Waals surface area (Å²) in [4.78, 5) is 11.3. The highest BCUT2D eigenvalue weighted by molar-refractivity contribution is 5.79. The van der Waals surface area contributed by atoms with Crippen molar-refractivity contribution < 1.29 is 14.6 Å². The average Bonchev–Trinajstić information content (AvgIpc) is 2.58. The fourth-order valence-corrected chi connectivity index (χ4v) is 4.22. The van der Waals surface area contributed by atoms with E-state index in [-0.39, 0.29) is 10.8 Å². The van der Waals surface area contributed by atoms with Gasteiger partial charge in [-0.25, -0.2) is 0 Å². The lowest BCUT2D eigenvalue weighted by molar-refractivity contribution is -0.331. The first-order valence-electron chi connectivity index (χ1n) is 5.32. The standard InChI is InChI=1S/C11H16O3/c1-9-6-14-11(8(12)13)5-7(9)3-4-10(9,11)2/h7H,3-6H2,1-2H3,(H,12,13)/p-1/t7-,9-,10+,11-/m0/s1. The van der Waals surface area contributed by atoms with Gasteiger partial charge in [0.25, 0.3) is 0 Å². The molecule has 0 aromatic heterocycles. The molecule has 3 rings (SSSR count). The summed E-state index contributed by atoms with van der Waals surface area (Å²) in [6.07, 6.45) is 2.80. The molecule has 3 nitrogen and oxygen atoms in total. The summed E-state index contributed by atoms with van der Waals surface area (Å²) in [7, 11) is 0. The molecule has 0 spiro atoms. The molecule has 3 fully saturated rings. The molecule has 1 heterocycles. The van der Waals surface area contributed by atoms with Gasteiger partial charge >= 0.3 is 0 Å². The molecule has 3 heteroatoms. The van der Waals surface area contributed by atoms with E-state index in [0.717, 1.165) is 12.8 Å². The summed E-state index contributed by atoms with van der Waals surface area (Å²) in [6.45, 7) is 4.85. The van der Waals surface area contributed by atoms with Crippen LogP contribution in [0.15, 0.2) is 0 Å². The number of ether oxygens (including phenoxy) is 1. The summed E-state index contributed by atoms with van der Waals surface area (Å²) < 4.78 is 5.58. The molecule has 0 aromatic rings. The minimum Gasteiger partial charge on any atom is -0.547 e. The lowest BCUT2D eigenvalue weighted by atomic mass is 9.66. The second kappa shape index (κ2) is 2.01. The maximum atomic E-state index is 11.3. The van der Waals surface area contributed by atoms with Crippen molar-refractivity contribution in [2.75, 3.05) is 6.61 Å². The predicted octanol–water partition coefficient (Wildman–Crippen LogP) is 0.332. The molecule has 0 unspecified atom stereocenters. The van der Waals surface area contributed by atoms with E-state index in [1.54, 1.807) is 0 Å². The monoisotopic (exact) mass is 195 g/mol. The molecule has 0 amide bonds. The minimum absolute atomic E-state index is 0.0765. The van der Waals surface area contributed by atoms with Crippen molar-refractivity contribution in [3.8, 4) is 0 Å². The average molecular weight is 195 g/mol. The van der Waals surface area contributed by atoms with Crippen LogP contribution in [0, 0.1) is 16.7 Å². The van der Waals surface area contributed by atoms with Crippen molar-refractivity contribution in [2.24, 2.45) is 16.7 Å². The van der Waals surface area contributed by atoms with Crippen LogP contribution in [0.1, 0.15) is 33.1 Å². The van der Waals surface area contributed by atoms with Crippen molar-refractivity contribution in [3.05, 3.63) is 0 Å². The normalized spacial score (nSPS) is 59.4. The predicted molar refractivity (Wildman–Crippen MR) is 47.2 cm³/mol. The molecule has 3 aliphatic rings.